The summed E-state index contributed by atoms with van der Waals surface area (Å²) in [5.41, 5.74) is 2.23. The second-order valence-electron chi connectivity index (χ2n) is 6.24. The van der Waals surface area contributed by atoms with Gasteiger partial charge in [0.2, 0.25) is 10.0 Å². The summed E-state index contributed by atoms with van der Waals surface area (Å²) in [5.74, 6) is 1.41. The first-order valence-corrected chi connectivity index (χ1v) is 11.5. The molecule has 7 nitrogen and oxygen atoms in total. The van der Waals surface area contributed by atoms with Gasteiger partial charge in [-0.1, -0.05) is 12.1 Å². The van der Waals surface area contributed by atoms with Gasteiger partial charge in [0.15, 0.2) is 16.6 Å². The van der Waals surface area contributed by atoms with Crippen LogP contribution in [-0.4, -0.2) is 40.0 Å². The van der Waals surface area contributed by atoms with Gasteiger partial charge in [0.25, 0.3) is 0 Å². The van der Waals surface area contributed by atoms with E-state index >= 15 is 0 Å². The van der Waals surface area contributed by atoms with Crippen molar-refractivity contribution in [3.05, 3.63) is 48.0 Å². The first-order chi connectivity index (χ1) is 13.7. The molecule has 0 heterocycles. The second kappa shape index (κ2) is 10.3. The molecule has 9 heteroatoms. The molecule has 0 aliphatic carbocycles. The Morgan fingerprint density at radius 2 is 1.76 bits per heavy atom. The molecular weight excluding hydrogens is 410 g/mol. The first kappa shape index (κ1) is 22.8. The molecule has 0 spiro atoms. The van der Waals surface area contributed by atoms with Crippen LogP contribution in [0.15, 0.2) is 42.5 Å². The summed E-state index contributed by atoms with van der Waals surface area (Å²) in [5, 5.41) is 6.64. The van der Waals surface area contributed by atoms with E-state index in [1.165, 1.54) is 11.4 Å². The third-order valence-electron chi connectivity index (χ3n) is 4.03. The van der Waals surface area contributed by atoms with E-state index in [0.29, 0.717) is 47.7 Å². The SMILES string of the molecule is CCOc1ccc(CNC(=S)Nc2cccc(N(C)S(C)(=O)=O)c2)cc1OCC. The minimum Gasteiger partial charge on any atom is -0.490 e. The van der Waals surface area contributed by atoms with E-state index < -0.39 is 10.0 Å². The number of nitrogens with one attached hydrogen (secondary N) is 2. The third kappa shape index (κ3) is 6.79. The minimum atomic E-state index is -3.33. The lowest BCUT2D eigenvalue weighted by Gasteiger charge is -2.18. The summed E-state index contributed by atoms with van der Waals surface area (Å²) in [4.78, 5) is 0. The molecule has 2 aromatic carbocycles. The fraction of sp³-hybridized carbons (Fsp3) is 0.350. The van der Waals surface area contributed by atoms with Crippen LogP contribution in [0.4, 0.5) is 11.4 Å². The van der Waals surface area contributed by atoms with Crippen LogP contribution >= 0.6 is 12.2 Å². The number of hydrogen-bond donors (Lipinski definition) is 2. The average molecular weight is 438 g/mol. The van der Waals surface area contributed by atoms with E-state index in [0.717, 1.165) is 11.8 Å². The molecule has 0 saturated carbocycles. The number of sulfonamides is 1. The molecule has 0 fully saturated rings. The van der Waals surface area contributed by atoms with Gasteiger partial charge < -0.3 is 20.1 Å². The Morgan fingerprint density at radius 3 is 2.41 bits per heavy atom. The van der Waals surface area contributed by atoms with Gasteiger partial charge in [-0.15, -0.1) is 0 Å². The highest BCUT2D eigenvalue weighted by Gasteiger charge is 2.12. The fourth-order valence-electron chi connectivity index (χ4n) is 2.53. The van der Waals surface area contributed by atoms with Crippen molar-refractivity contribution in [2.24, 2.45) is 0 Å². The molecular formula is C20H27N3O4S2. The van der Waals surface area contributed by atoms with Crippen molar-refractivity contribution < 1.29 is 17.9 Å². The fourth-order valence-corrected chi connectivity index (χ4v) is 3.22. The first-order valence-electron chi connectivity index (χ1n) is 9.22. The Morgan fingerprint density at radius 1 is 1.07 bits per heavy atom. The van der Waals surface area contributed by atoms with E-state index in [4.69, 9.17) is 21.7 Å². The highest BCUT2D eigenvalue weighted by molar-refractivity contribution is 7.92. The Bertz CT molecular complexity index is 948. The van der Waals surface area contributed by atoms with Crippen LogP contribution in [0.5, 0.6) is 11.5 Å². The van der Waals surface area contributed by atoms with Crippen molar-refractivity contribution in [1.82, 2.24) is 5.32 Å². The van der Waals surface area contributed by atoms with Gasteiger partial charge in [-0.2, -0.15) is 0 Å². The van der Waals surface area contributed by atoms with Crippen LogP contribution < -0.4 is 24.4 Å². The van der Waals surface area contributed by atoms with Crippen LogP contribution in [0.25, 0.3) is 0 Å². The van der Waals surface area contributed by atoms with E-state index in [2.05, 4.69) is 10.6 Å². The molecule has 0 aromatic heterocycles. The van der Waals surface area contributed by atoms with Crippen LogP contribution in [-0.2, 0) is 16.6 Å². The molecule has 0 radical (unpaired) electrons. The summed E-state index contributed by atoms with van der Waals surface area (Å²) in [7, 11) is -1.82. The van der Waals surface area contributed by atoms with Gasteiger partial charge in [0.1, 0.15) is 0 Å². The van der Waals surface area contributed by atoms with Gasteiger partial charge in [-0.3, -0.25) is 4.31 Å². The van der Waals surface area contributed by atoms with Crippen molar-refractivity contribution in [2.75, 3.05) is 36.1 Å². The maximum absolute atomic E-state index is 11.7. The molecule has 0 aliphatic heterocycles. The highest BCUT2D eigenvalue weighted by atomic mass is 32.2. The number of hydrogen-bond acceptors (Lipinski definition) is 5. The van der Waals surface area contributed by atoms with Crippen molar-refractivity contribution in [1.29, 1.82) is 0 Å². The molecule has 2 rings (SSSR count). The average Bonchev–Trinajstić information content (AvgIpc) is 2.67. The number of thiocarbonyl (C=S) groups is 1. The Kier molecular flexibility index (Phi) is 8.10. The van der Waals surface area contributed by atoms with Gasteiger partial charge in [-0.05, 0) is 62.0 Å². The molecule has 0 amide bonds. The maximum atomic E-state index is 11.7. The molecule has 0 atom stereocenters. The van der Waals surface area contributed by atoms with Gasteiger partial charge in [0, 0.05) is 19.3 Å². The van der Waals surface area contributed by atoms with Crippen LogP contribution in [0.3, 0.4) is 0 Å². The Hall–Kier alpha value is -2.52. The molecule has 0 unspecified atom stereocenters. The number of anilines is 2. The third-order valence-corrected chi connectivity index (χ3v) is 5.48. The molecule has 0 saturated heterocycles. The van der Waals surface area contributed by atoms with Crippen molar-refractivity contribution in [3.8, 4) is 11.5 Å². The van der Waals surface area contributed by atoms with Crippen LogP contribution in [0.2, 0.25) is 0 Å². The monoisotopic (exact) mass is 437 g/mol. The van der Waals surface area contributed by atoms with Gasteiger partial charge >= 0.3 is 0 Å². The Balaban J connectivity index is 2.01. The van der Waals surface area contributed by atoms with Crippen LogP contribution in [0.1, 0.15) is 19.4 Å². The normalized spacial score (nSPS) is 10.9. The minimum absolute atomic E-state index is 0.427. The van der Waals surface area contributed by atoms with E-state index in [-0.39, 0.29) is 0 Å². The highest BCUT2D eigenvalue weighted by Crippen LogP contribution is 2.28. The van der Waals surface area contributed by atoms with Crippen molar-refractivity contribution in [2.45, 2.75) is 20.4 Å². The zero-order chi connectivity index (χ0) is 21.4. The number of rotatable bonds is 9. The predicted octanol–water partition coefficient (Wildman–Crippen LogP) is 3.37. The summed E-state index contributed by atoms with van der Waals surface area (Å²) < 4.78 is 35.8. The zero-order valence-corrected chi connectivity index (χ0v) is 18.7. The maximum Gasteiger partial charge on any atom is 0.231 e. The molecule has 29 heavy (non-hydrogen) atoms. The van der Waals surface area contributed by atoms with Crippen molar-refractivity contribution in [3.63, 3.8) is 0 Å². The lowest BCUT2D eigenvalue weighted by Crippen LogP contribution is -2.28. The van der Waals surface area contributed by atoms with Gasteiger partial charge in [-0.25, -0.2) is 8.42 Å². The van der Waals surface area contributed by atoms with Crippen molar-refractivity contribution >= 4 is 38.7 Å². The summed E-state index contributed by atoms with van der Waals surface area (Å²) in [6, 6.07) is 12.8. The topological polar surface area (TPSA) is 79.9 Å². The van der Waals surface area contributed by atoms with E-state index in [1.807, 2.05) is 38.1 Å². The smallest absolute Gasteiger partial charge is 0.231 e. The Labute approximate surface area is 178 Å². The summed E-state index contributed by atoms with van der Waals surface area (Å²) in [6.45, 7) is 5.47. The summed E-state index contributed by atoms with van der Waals surface area (Å²) >= 11 is 5.36. The predicted molar refractivity (Wildman–Crippen MR) is 122 cm³/mol. The molecule has 158 valence electrons. The molecule has 2 aromatic rings. The zero-order valence-electron chi connectivity index (χ0n) is 17.1. The quantitative estimate of drug-likeness (QED) is 0.582. The molecule has 0 aliphatic rings. The number of ether oxygens (including phenoxy) is 2. The number of nitrogens with zero attached hydrogens (tertiary/aromatic N) is 1. The molecule has 2 N–H and O–H groups in total. The molecule has 0 bridgehead atoms. The van der Waals surface area contributed by atoms with Crippen LogP contribution in [0, 0.1) is 0 Å². The lowest BCUT2D eigenvalue weighted by molar-refractivity contribution is 0.287. The largest absolute Gasteiger partial charge is 0.490 e. The second-order valence-corrected chi connectivity index (χ2v) is 8.66. The lowest BCUT2D eigenvalue weighted by atomic mass is 10.2. The van der Waals surface area contributed by atoms with E-state index in [9.17, 15) is 8.42 Å². The van der Waals surface area contributed by atoms with Gasteiger partial charge in [0.05, 0.1) is 25.2 Å². The summed E-state index contributed by atoms with van der Waals surface area (Å²) in [6.07, 6.45) is 1.16. The van der Waals surface area contributed by atoms with E-state index in [1.54, 1.807) is 18.2 Å². The number of benzene rings is 2. The standard InChI is InChI=1S/C20H27N3O4S2/c1-5-26-18-11-10-15(12-19(18)27-6-2)14-21-20(28)22-16-8-7-9-17(13-16)23(3)29(4,24)25/h7-13H,5-6,14H2,1-4H3,(H2,21,22,28).